The van der Waals surface area contributed by atoms with Crippen LogP contribution in [0.25, 0.3) is 0 Å². The Morgan fingerprint density at radius 3 is 2.73 bits per heavy atom. The van der Waals surface area contributed by atoms with Crippen LogP contribution in [0.3, 0.4) is 0 Å². The first-order valence-corrected chi connectivity index (χ1v) is 8.44. The van der Waals surface area contributed by atoms with E-state index < -0.39 is 22.2 Å². The topological polar surface area (TPSA) is 92.9 Å². The molecule has 1 unspecified atom stereocenters. The minimum absolute atomic E-state index is 0.0432. The van der Waals surface area contributed by atoms with Crippen LogP contribution in [0.5, 0.6) is 0 Å². The van der Waals surface area contributed by atoms with Crippen LogP contribution in [0.4, 0.5) is 0 Å². The van der Waals surface area contributed by atoms with Crippen molar-refractivity contribution in [2.24, 2.45) is 5.73 Å². The summed E-state index contributed by atoms with van der Waals surface area (Å²) in [5.41, 5.74) is 6.10. The molecule has 2 rings (SSSR count). The Kier molecular flexibility index (Phi) is 5.52. The third-order valence-corrected chi connectivity index (χ3v) is 5.54. The lowest BCUT2D eigenvalue weighted by Crippen LogP contribution is -2.53. The third-order valence-electron chi connectivity index (χ3n) is 3.55. The molecule has 7 nitrogen and oxygen atoms in total. The number of carbonyl (C=O) groups excluding carboxylic acids is 1. The Balaban J connectivity index is 2.14. The monoisotopic (exact) mass is 327 g/mol. The lowest BCUT2D eigenvalue weighted by atomic mass is 10.2. The molecule has 1 heterocycles. The van der Waals surface area contributed by atoms with Crippen molar-refractivity contribution in [1.29, 1.82) is 0 Å². The maximum Gasteiger partial charge on any atom is 0.282 e. The molecule has 1 fully saturated rings. The van der Waals surface area contributed by atoms with Crippen LogP contribution in [-0.2, 0) is 26.3 Å². The van der Waals surface area contributed by atoms with Gasteiger partial charge in [-0.3, -0.25) is 4.79 Å². The Morgan fingerprint density at radius 1 is 1.41 bits per heavy atom. The van der Waals surface area contributed by atoms with E-state index in [1.165, 1.54) is 15.7 Å². The average Bonchev–Trinajstić information content (AvgIpc) is 2.48. The normalized spacial score (nSPS) is 20.2. The molecule has 122 valence electrons. The Bertz CT molecular complexity index is 606. The number of benzene rings is 1. The SMILES string of the molecule is CN(Cc1ccccc1)S(=O)(=O)N1CCOCC1CC(N)=O. The molecule has 1 aromatic rings. The second-order valence-electron chi connectivity index (χ2n) is 5.26. The Labute approximate surface area is 130 Å². The molecule has 0 radical (unpaired) electrons. The predicted molar refractivity (Wildman–Crippen MR) is 82.0 cm³/mol. The number of hydrogen-bond acceptors (Lipinski definition) is 4. The van der Waals surface area contributed by atoms with Crippen LogP contribution in [0.15, 0.2) is 30.3 Å². The second kappa shape index (κ2) is 7.19. The number of hydrogen-bond donors (Lipinski definition) is 1. The molecule has 1 saturated heterocycles. The van der Waals surface area contributed by atoms with E-state index in [0.29, 0.717) is 6.61 Å². The van der Waals surface area contributed by atoms with Gasteiger partial charge in [-0.05, 0) is 5.56 Å². The summed E-state index contributed by atoms with van der Waals surface area (Å²) in [6.45, 7) is 0.984. The highest BCUT2D eigenvalue weighted by molar-refractivity contribution is 7.86. The first kappa shape index (κ1) is 16.9. The zero-order valence-electron chi connectivity index (χ0n) is 12.5. The minimum Gasteiger partial charge on any atom is -0.378 e. The van der Waals surface area contributed by atoms with Gasteiger partial charge in [0.1, 0.15) is 0 Å². The number of nitrogens with zero attached hydrogens (tertiary/aromatic N) is 2. The lowest BCUT2D eigenvalue weighted by Gasteiger charge is -2.36. The van der Waals surface area contributed by atoms with Crippen molar-refractivity contribution in [3.8, 4) is 0 Å². The molecular formula is C14H21N3O4S. The van der Waals surface area contributed by atoms with Crippen LogP contribution in [0.1, 0.15) is 12.0 Å². The van der Waals surface area contributed by atoms with Crippen molar-refractivity contribution in [1.82, 2.24) is 8.61 Å². The number of ether oxygens (including phenoxy) is 1. The summed E-state index contributed by atoms with van der Waals surface area (Å²) in [5.74, 6) is -0.540. The summed E-state index contributed by atoms with van der Waals surface area (Å²) in [6.07, 6.45) is -0.0432. The van der Waals surface area contributed by atoms with Gasteiger partial charge in [-0.1, -0.05) is 30.3 Å². The summed E-state index contributed by atoms with van der Waals surface area (Å²) in [4.78, 5) is 11.1. The smallest absolute Gasteiger partial charge is 0.282 e. The summed E-state index contributed by atoms with van der Waals surface area (Å²) in [7, 11) is -2.15. The van der Waals surface area contributed by atoms with Gasteiger partial charge in [-0.25, -0.2) is 0 Å². The van der Waals surface area contributed by atoms with Gasteiger partial charge in [0.15, 0.2) is 0 Å². The van der Waals surface area contributed by atoms with E-state index in [4.69, 9.17) is 10.5 Å². The second-order valence-corrected chi connectivity index (χ2v) is 7.25. The molecule has 8 heteroatoms. The van der Waals surface area contributed by atoms with Crippen LogP contribution < -0.4 is 5.73 Å². The average molecular weight is 327 g/mol. The third kappa shape index (κ3) is 4.04. The van der Waals surface area contributed by atoms with Crippen LogP contribution in [-0.4, -0.2) is 55.8 Å². The van der Waals surface area contributed by atoms with Gasteiger partial charge in [0, 0.05) is 26.6 Å². The summed E-state index contributed by atoms with van der Waals surface area (Å²) in [5, 5.41) is 0. The quantitative estimate of drug-likeness (QED) is 0.792. The minimum atomic E-state index is -3.68. The van der Waals surface area contributed by atoms with E-state index in [1.54, 1.807) is 0 Å². The highest BCUT2D eigenvalue weighted by atomic mass is 32.2. The van der Waals surface area contributed by atoms with Gasteiger partial charge in [-0.2, -0.15) is 17.0 Å². The number of morpholine rings is 1. The molecule has 2 N–H and O–H groups in total. The van der Waals surface area contributed by atoms with Crippen LogP contribution in [0, 0.1) is 0 Å². The highest BCUT2D eigenvalue weighted by Crippen LogP contribution is 2.19. The molecular weight excluding hydrogens is 306 g/mol. The molecule has 0 saturated carbocycles. The number of amides is 1. The van der Waals surface area contributed by atoms with Crippen molar-refractivity contribution >= 4 is 16.1 Å². The molecule has 0 aliphatic carbocycles. The number of rotatable bonds is 6. The highest BCUT2D eigenvalue weighted by Gasteiger charge is 2.36. The van der Waals surface area contributed by atoms with Crippen LogP contribution in [0.2, 0.25) is 0 Å². The molecule has 0 bridgehead atoms. The molecule has 1 aliphatic rings. The van der Waals surface area contributed by atoms with Crippen molar-refractivity contribution < 1.29 is 17.9 Å². The van der Waals surface area contributed by atoms with Gasteiger partial charge in [0.05, 0.1) is 19.3 Å². The maximum atomic E-state index is 12.7. The Hall–Kier alpha value is -1.48. The van der Waals surface area contributed by atoms with E-state index >= 15 is 0 Å². The number of nitrogens with two attached hydrogens (primary N) is 1. The van der Waals surface area contributed by atoms with Crippen molar-refractivity contribution in [2.75, 3.05) is 26.8 Å². The summed E-state index contributed by atoms with van der Waals surface area (Å²) >= 11 is 0. The number of primary amides is 1. The molecule has 1 aromatic carbocycles. The fraction of sp³-hybridized carbons (Fsp3) is 0.500. The van der Waals surface area contributed by atoms with Gasteiger partial charge >= 0.3 is 0 Å². The van der Waals surface area contributed by atoms with E-state index in [0.717, 1.165) is 5.56 Å². The molecule has 0 spiro atoms. The summed E-state index contributed by atoms with van der Waals surface area (Å²) < 4.78 is 33.3. The summed E-state index contributed by atoms with van der Waals surface area (Å²) in [6, 6.07) is 8.79. The van der Waals surface area contributed by atoms with Crippen molar-refractivity contribution in [2.45, 2.75) is 19.0 Å². The molecule has 0 aromatic heterocycles. The molecule has 1 aliphatic heterocycles. The molecule has 22 heavy (non-hydrogen) atoms. The zero-order chi connectivity index (χ0) is 16.2. The Morgan fingerprint density at radius 2 is 2.09 bits per heavy atom. The molecule has 1 amide bonds. The molecule has 1 atom stereocenters. The fourth-order valence-electron chi connectivity index (χ4n) is 2.44. The van der Waals surface area contributed by atoms with Gasteiger partial charge in [-0.15, -0.1) is 0 Å². The van der Waals surface area contributed by atoms with Gasteiger partial charge in [0.25, 0.3) is 10.2 Å². The number of carbonyl (C=O) groups is 1. The van der Waals surface area contributed by atoms with Gasteiger partial charge in [0.2, 0.25) is 5.91 Å². The van der Waals surface area contributed by atoms with E-state index in [1.807, 2.05) is 30.3 Å². The standard InChI is InChI=1S/C14H21N3O4S/c1-16(10-12-5-3-2-4-6-12)22(19,20)17-7-8-21-11-13(17)9-14(15)18/h2-6,13H,7-11H2,1H3,(H2,15,18). The predicted octanol–water partition coefficient (Wildman–Crippen LogP) is -0.0606. The first-order chi connectivity index (χ1) is 10.4. The largest absolute Gasteiger partial charge is 0.378 e. The van der Waals surface area contributed by atoms with E-state index in [2.05, 4.69) is 0 Å². The van der Waals surface area contributed by atoms with Crippen LogP contribution >= 0.6 is 0 Å². The first-order valence-electron chi connectivity index (χ1n) is 7.04. The van der Waals surface area contributed by atoms with Crippen molar-refractivity contribution in [3.63, 3.8) is 0 Å². The lowest BCUT2D eigenvalue weighted by molar-refractivity contribution is -0.120. The van der Waals surface area contributed by atoms with Gasteiger partial charge < -0.3 is 10.5 Å². The van der Waals surface area contributed by atoms with E-state index in [-0.39, 0.29) is 26.1 Å². The van der Waals surface area contributed by atoms with E-state index in [9.17, 15) is 13.2 Å². The maximum absolute atomic E-state index is 12.7. The van der Waals surface area contributed by atoms with Crippen molar-refractivity contribution in [3.05, 3.63) is 35.9 Å². The fourth-order valence-corrected chi connectivity index (χ4v) is 3.93. The zero-order valence-corrected chi connectivity index (χ0v) is 13.3.